The summed E-state index contributed by atoms with van der Waals surface area (Å²) in [6, 6.07) is 8.15. The first-order chi connectivity index (χ1) is 9.22. The monoisotopic (exact) mass is 258 g/mol. The van der Waals surface area contributed by atoms with E-state index in [0.29, 0.717) is 11.7 Å². The topological polar surface area (TPSA) is 68.2 Å². The Balaban J connectivity index is 1.77. The van der Waals surface area contributed by atoms with Gasteiger partial charge in [-0.1, -0.05) is 35.0 Å². The predicted octanol–water partition coefficient (Wildman–Crippen LogP) is 2.10. The second kappa shape index (κ2) is 5.11. The molecule has 0 aliphatic carbocycles. The Labute approximate surface area is 112 Å². The lowest BCUT2D eigenvalue weighted by Crippen LogP contribution is -2.38. The van der Waals surface area contributed by atoms with E-state index in [2.05, 4.69) is 29.2 Å². The third kappa shape index (κ3) is 2.67. The normalized spacial score (nSPS) is 17.8. The molecule has 0 saturated carbocycles. The van der Waals surface area contributed by atoms with Crippen molar-refractivity contribution < 1.29 is 4.52 Å². The second-order valence-electron chi connectivity index (χ2n) is 5.13. The molecule has 1 aliphatic heterocycles. The number of hydrogen-bond donors (Lipinski definition) is 1. The van der Waals surface area contributed by atoms with Gasteiger partial charge in [-0.3, -0.25) is 5.84 Å². The van der Waals surface area contributed by atoms with Crippen molar-refractivity contribution >= 4 is 0 Å². The molecule has 0 spiro atoms. The van der Waals surface area contributed by atoms with Crippen LogP contribution in [0.3, 0.4) is 0 Å². The number of piperidine rings is 1. The van der Waals surface area contributed by atoms with Gasteiger partial charge in [-0.25, -0.2) is 5.01 Å². The van der Waals surface area contributed by atoms with Crippen LogP contribution in [0.25, 0.3) is 11.4 Å². The average Bonchev–Trinajstić information content (AvgIpc) is 2.90. The highest BCUT2D eigenvalue weighted by Crippen LogP contribution is 2.27. The fraction of sp³-hybridized carbons (Fsp3) is 0.429. The molecule has 1 aliphatic rings. The summed E-state index contributed by atoms with van der Waals surface area (Å²) in [5.41, 5.74) is 2.22. The molecule has 19 heavy (non-hydrogen) atoms. The van der Waals surface area contributed by atoms with E-state index in [1.807, 2.05) is 17.1 Å². The fourth-order valence-corrected chi connectivity index (χ4v) is 2.37. The van der Waals surface area contributed by atoms with Crippen LogP contribution in [0, 0.1) is 6.92 Å². The van der Waals surface area contributed by atoms with Crippen molar-refractivity contribution in [3.8, 4) is 11.4 Å². The third-order valence-electron chi connectivity index (χ3n) is 3.63. The predicted molar refractivity (Wildman–Crippen MR) is 72.2 cm³/mol. The minimum absolute atomic E-state index is 0.339. The standard InChI is InChI=1S/C14H18N4O/c1-10-2-4-11(5-3-10)13-16-14(19-17-13)12-6-8-18(15)9-7-12/h2-5,12H,6-9,15H2,1H3. The van der Waals surface area contributed by atoms with Crippen molar-refractivity contribution in [1.29, 1.82) is 0 Å². The van der Waals surface area contributed by atoms with E-state index in [0.717, 1.165) is 37.4 Å². The summed E-state index contributed by atoms with van der Waals surface area (Å²) in [6.07, 6.45) is 1.96. The second-order valence-corrected chi connectivity index (χ2v) is 5.13. The van der Waals surface area contributed by atoms with Gasteiger partial charge in [-0.05, 0) is 19.8 Å². The van der Waals surface area contributed by atoms with Crippen molar-refractivity contribution in [2.45, 2.75) is 25.7 Å². The number of hydrogen-bond acceptors (Lipinski definition) is 5. The third-order valence-corrected chi connectivity index (χ3v) is 3.63. The summed E-state index contributed by atoms with van der Waals surface area (Å²) >= 11 is 0. The SMILES string of the molecule is Cc1ccc(-c2noc(C3CCN(N)CC3)n2)cc1. The summed E-state index contributed by atoms with van der Waals surface area (Å²) in [4.78, 5) is 4.52. The van der Waals surface area contributed by atoms with Gasteiger partial charge in [0.1, 0.15) is 0 Å². The number of nitrogens with two attached hydrogens (primary N) is 1. The van der Waals surface area contributed by atoms with Crippen LogP contribution in [-0.4, -0.2) is 28.2 Å². The van der Waals surface area contributed by atoms with Gasteiger partial charge in [-0.2, -0.15) is 4.98 Å². The Morgan fingerprint density at radius 1 is 1.21 bits per heavy atom. The molecule has 3 rings (SSSR count). The highest BCUT2D eigenvalue weighted by Gasteiger charge is 2.24. The fourth-order valence-electron chi connectivity index (χ4n) is 2.37. The average molecular weight is 258 g/mol. The molecular weight excluding hydrogens is 240 g/mol. The van der Waals surface area contributed by atoms with Crippen LogP contribution in [0.2, 0.25) is 0 Å². The van der Waals surface area contributed by atoms with Crippen molar-refractivity contribution in [3.05, 3.63) is 35.7 Å². The van der Waals surface area contributed by atoms with Crippen molar-refractivity contribution in [2.75, 3.05) is 13.1 Å². The van der Waals surface area contributed by atoms with Gasteiger partial charge < -0.3 is 4.52 Å². The molecule has 2 heterocycles. The van der Waals surface area contributed by atoms with Gasteiger partial charge in [0.25, 0.3) is 0 Å². The van der Waals surface area contributed by atoms with Crippen molar-refractivity contribution in [1.82, 2.24) is 15.1 Å². The molecule has 2 N–H and O–H groups in total. The first-order valence-electron chi connectivity index (χ1n) is 6.62. The van der Waals surface area contributed by atoms with Crippen LogP contribution < -0.4 is 5.84 Å². The number of aryl methyl sites for hydroxylation is 1. The van der Waals surface area contributed by atoms with E-state index in [9.17, 15) is 0 Å². The zero-order chi connectivity index (χ0) is 13.2. The Kier molecular flexibility index (Phi) is 3.31. The van der Waals surface area contributed by atoms with Gasteiger partial charge >= 0.3 is 0 Å². The lowest BCUT2D eigenvalue weighted by molar-refractivity contribution is 0.198. The summed E-state index contributed by atoms with van der Waals surface area (Å²) in [5.74, 6) is 7.50. The van der Waals surface area contributed by atoms with Gasteiger partial charge in [-0.15, -0.1) is 0 Å². The van der Waals surface area contributed by atoms with Crippen molar-refractivity contribution in [2.24, 2.45) is 5.84 Å². The molecule has 0 amide bonds. The number of benzene rings is 1. The van der Waals surface area contributed by atoms with E-state index < -0.39 is 0 Å². The summed E-state index contributed by atoms with van der Waals surface area (Å²) in [7, 11) is 0. The smallest absolute Gasteiger partial charge is 0.230 e. The lowest BCUT2D eigenvalue weighted by atomic mass is 9.98. The zero-order valence-electron chi connectivity index (χ0n) is 11.0. The van der Waals surface area contributed by atoms with E-state index in [4.69, 9.17) is 10.4 Å². The molecule has 1 saturated heterocycles. The Hall–Kier alpha value is -1.72. The molecule has 5 heteroatoms. The Bertz CT molecular complexity index is 541. The summed E-state index contributed by atoms with van der Waals surface area (Å²) < 4.78 is 5.40. The van der Waals surface area contributed by atoms with Crippen molar-refractivity contribution in [3.63, 3.8) is 0 Å². The first-order valence-corrected chi connectivity index (χ1v) is 6.62. The van der Waals surface area contributed by atoms with Gasteiger partial charge in [0.05, 0.1) is 0 Å². The number of rotatable bonds is 2. The maximum atomic E-state index is 5.75. The van der Waals surface area contributed by atoms with Crippen LogP contribution in [0.5, 0.6) is 0 Å². The summed E-state index contributed by atoms with van der Waals surface area (Å²) in [5, 5.41) is 5.92. The molecule has 0 unspecified atom stereocenters. The zero-order valence-corrected chi connectivity index (χ0v) is 11.0. The molecule has 1 aromatic carbocycles. The number of nitrogens with zero attached hydrogens (tertiary/aromatic N) is 3. The van der Waals surface area contributed by atoms with E-state index >= 15 is 0 Å². The number of hydrazine groups is 1. The van der Waals surface area contributed by atoms with E-state index in [-0.39, 0.29) is 0 Å². The molecule has 100 valence electrons. The Morgan fingerprint density at radius 2 is 1.89 bits per heavy atom. The van der Waals surface area contributed by atoms with Gasteiger partial charge in [0, 0.05) is 24.6 Å². The molecule has 5 nitrogen and oxygen atoms in total. The molecule has 0 bridgehead atoms. The van der Waals surface area contributed by atoms with Gasteiger partial charge in [0.15, 0.2) is 0 Å². The minimum Gasteiger partial charge on any atom is -0.339 e. The molecule has 2 aromatic rings. The number of aromatic nitrogens is 2. The van der Waals surface area contributed by atoms with Crippen LogP contribution in [0.15, 0.2) is 28.8 Å². The Morgan fingerprint density at radius 3 is 2.58 bits per heavy atom. The maximum Gasteiger partial charge on any atom is 0.230 e. The molecule has 0 atom stereocenters. The van der Waals surface area contributed by atoms with E-state index in [1.165, 1.54) is 5.56 Å². The lowest BCUT2D eigenvalue weighted by Gasteiger charge is -2.25. The molecular formula is C14H18N4O. The molecule has 1 aromatic heterocycles. The summed E-state index contributed by atoms with van der Waals surface area (Å²) in [6.45, 7) is 3.83. The van der Waals surface area contributed by atoms with Crippen LogP contribution in [-0.2, 0) is 0 Å². The van der Waals surface area contributed by atoms with Crippen LogP contribution in [0.4, 0.5) is 0 Å². The highest BCUT2D eigenvalue weighted by atomic mass is 16.5. The quantitative estimate of drug-likeness (QED) is 0.835. The minimum atomic E-state index is 0.339. The highest BCUT2D eigenvalue weighted by molar-refractivity contribution is 5.54. The van der Waals surface area contributed by atoms with Gasteiger partial charge in [0.2, 0.25) is 11.7 Å². The van der Waals surface area contributed by atoms with Crippen LogP contribution >= 0.6 is 0 Å². The first kappa shape index (κ1) is 12.3. The largest absolute Gasteiger partial charge is 0.339 e. The maximum absolute atomic E-state index is 5.75. The molecule has 1 fully saturated rings. The molecule has 0 radical (unpaired) electrons. The van der Waals surface area contributed by atoms with E-state index in [1.54, 1.807) is 0 Å². The van der Waals surface area contributed by atoms with Crippen LogP contribution in [0.1, 0.15) is 30.2 Å².